The van der Waals surface area contributed by atoms with Crippen molar-refractivity contribution in [2.24, 2.45) is 5.92 Å². The van der Waals surface area contributed by atoms with E-state index in [-0.39, 0.29) is 0 Å². The Morgan fingerprint density at radius 3 is 2.59 bits per heavy atom. The first-order chi connectivity index (χ1) is 8.27. The van der Waals surface area contributed by atoms with Crippen LogP contribution in [0.2, 0.25) is 0 Å². The third kappa shape index (κ3) is 3.59. The fourth-order valence-electron chi connectivity index (χ4n) is 3.14. The van der Waals surface area contributed by atoms with Gasteiger partial charge in [0.25, 0.3) is 0 Å². The van der Waals surface area contributed by atoms with E-state index in [0.29, 0.717) is 0 Å². The van der Waals surface area contributed by atoms with Gasteiger partial charge in [-0.1, -0.05) is 56.7 Å². The molecular formula is C17H26. The van der Waals surface area contributed by atoms with Gasteiger partial charge in [-0.2, -0.15) is 0 Å². The molecule has 0 radical (unpaired) electrons. The molecule has 0 saturated heterocycles. The van der Waals surface area contributed by atoms with Gasteiger partial charge in [0.1, 0.15) is 0 Å². The normalized spacial score (nSPS) is 17.3. The molecule has 0 heteroatoms. The Morgan fingerprint density at radius 1 is 1.06 bits per heavy atom. The maximum atomic E-state index is 2.31. The molecule has 1 aromatic rings. The molecule has 0 atom stereocenters. The second-order valence-corrected chi connectivity index (χ2v) is 5.76. The molecule has 0 aromatic heterocycles. The van der Waals surface area contributed by atoms with Crippen molar-refractivity contribution < 1.29 is 0 Å². The molecule has 17 heavy (non-hydrogen) atoms. The zero-order valence-corrected chi connectivity index (χ0v) is 11.5. The summed E-state index contributed by atoms with van der Waals surface area (Å²) >= 11 is 0. The lowest BCUT2D eigenvalue weighted by molar-refractivity contribution is 0.332. The smallest absolute Gasteiger partial charge is 0.0276 e. The molecule has 1 fully saturated rings. The molecular weight excluding hydrogens is 204 g/mol. The molecule has 0 bridgehead atoms. The highest BCUT2D eigenvalue weighted by molar-refractivity contribution is 5.33. The third-order valence-corrected chi connectivity index (χ3v) is 4.50. The van der Waals surface area contributed by atoms with Gasteiger partial charge < -0.3 is 0 Å². The lowest BCUT2D eigenvalue weighted by Gasteiger charge is -2.21. The van der Waals surface area contributed by atoms with Crippen LogP contribution in [0.5, 0.6) is 0 Å². The number of hydrogen-bond acceptors (Lipinski definition) is 0. The minimum atomic E-state index is 1.04. The molecule has 94 valence electrons. The number of aryl methyl sites for hydroxylation is 2. The Kier molecular flexibility index (Phi) is 4.65. The lowest BCUT2D eigenvalue weighted by Crippen LogP contribution is -2.06. The lowest BCUT2D eigenvalue weighted by atomic mass is 9.85. The second-order valence-electron chi connectivity index (χ2n) is 5.76. The topological polar surface area (TPSA) is 0 Å². The molecule has 1 aromatic carbocycles. The zero-order chi connectivity index (χ0) is 12.1. The fraction of sp³-hybridized carbons (Fsp3) is 0.647. The van der Waals surface area contributed by atoms with E-state index in [9.17, 15) is 0 Å². The van der Waals surface area contributed by atoms with Gasteiger partial charge in [0.15, 0.2) is 0 Å². The molecule has 0 aliphatic heterocycles. The molecule has 1 aliphatic carbocycles. The summed E-state index contributed by atoms with van der Waals surface area (Å²) in [6.45, 7) is 4.49. The highest BCUT2D eigenvalue weighted by atomic mass is 14.2. The van der Waals surface area contributed by atoms with Crippen LogP contribution in [-0.4, -0.2) is 0 Å². The maximum Gasteiger partial charge on any atom is -0.0276 e. The SMILES string of the molecule is Cc1cccc(CCCC2CCCCC2)c1C. The van der Waals surface area contributed by atoms with Crippen LogP contribution >= 0.6 is 0 Å². The van der Waals surface area contributed by atoms with E-state index in [1.165, 1.54) is 62.5 Å². The molecule has 0 spiro atoms. The molecule has 0 N–H and O–H groups in total. The molecule has 0 unspecified atom stereocenters. The van der Waals surface area contributed by atoms with Gasteiger partial charge >= 0.3 is 0 Å². The van der Waals surface area contributed by atoms with Crippen molar-refractivity contribution in [1.82, 2.24) is 0 Å². The largest absolute Gasteiger partial charge is 0.0617 e. The first kappa shape index (κ1) is 12.7. The summed E-state index contributed by atoms with van der Waals surface area (Å²) in [5.74, 6) is 1.04. The number of hydrogen-bond donors (Lipinski definition) is 0. The molecule has 2 rings (SSSR count). The van der Waals surface area contributed by atoms with Crippen LogP contribution in [0.3, 0.4) is 0 Å². The highest BCUT2D eigenvalue weighted by Crippen LogP contribution is 2.28. The van der Waals surface area contributed by atoms with E-state index in [2.05, 4.69) is 32.0 Å². The monoisotopic (exact) mass is 230 g/mol. The highest BCUT2D eigenvalue weighted by Gasteiger charge is 2.12. The van der Waals surface area contributed by atoms with Crippen LogP contribution in [0.4, 0.5) is 0 Å². The summed E-state index contributed by atoms with van der Waals surface area (Å²) in [5.41, 5.74) is 4.53. The Bertz CT molecular complexity index is 345. The van der Waals surface area contributed by atoms with Crippen molar-refractivity contribution >= 4 is 0 Å². The van der Waals surface area contributed by atoms with Gasteiger partial charge in [-0.3, -0.25) is 0 Å². The third-order valence-electron chi connectivity index (χ3n) is 4.50. The van der Waals surface area contributed by atoms with E-state index < -0.39 is 0 Å². The van der Waals surface area contributed by atoms with Crippen molar-refractivity contribution in [2.75, 3.05) is 0 Å². The van der Waals surface area contributed by atoms with E-state index in [4.69, 9.17) is 0 Å². The van der Waals surface area contributed by atoms with Crippen molar-refractivity contribution in [3.05, 3.63) is 34.9 Å². The Hall–Kier alpha value is -0.780. The van der Waals surface area contributed by atoms with Crippen LogP contribution in [0.25, 0.3) is 0 Å². The van der Waals surface area contributed by atoms with Gasteiger partial charge in [-0.25, -0.2) is 0 Å². The van der Waals surface area contributed by atoms with E-state index >= 15 is 0 Å². The molecule has 0 heterocycles. The molecule has 0 nitrogen and oxygen atoms in total. The van der Waals surface area contributed by atoms with Crippen LogP contribution in [0.1, 0.15) is 61.6 Å². The second kappa shape index (κ2) is 6.23. The van der Waals surface area contributed by atoms with Crippen molar-refractivity contribution in [1.29, 1.82) is 0 Å². The van der Waals surface area contributed by atoms with Gasteiger partial charge in [0.2, 0.25) is 0 Å². The first-order valence-electron chi connectivity index (χ1n) is 7.32. The molecule has 0 amide bonds. The predicted molar refractivity (Wildman–Crippen MR) is 75.4 cm³/mol. The summed E-state index contributed by atoms with van der Waals surface area (Å²) in [6, 6.07) is 6.74. The van der Waals surface area contributed by atoms with Gasteiger partial charge in [-0.05, 0) is 49.3 Å². The maximum absolute atomic E-state index is 2.31. The molecule has 1 saturated carbocycles. The van der Waals surface area contributed by atoms with Gasteiger partial charge in [0.05, 0.1) is 0 Å². The van der Waals surface area contributed by atoms with Crippen molar-refractivity contribution in [3.8, 4) is 0 Å². The van der Waals surface area contributed by atoms with Crippen molar-refractivity contribution in [3.63, 3.8) is 0 Å². The van der Waals surface area contributed by atoms with Crippen molar-refractivity contribution in [2.45, 2.75) is 65.2 Å². The number of benzene rings is 1. The summed E-state index contributed by atoms with van der Waals surface area (Å²) in [7, 11) is 0. The Balaban J connectivity index is 1.79. The van der Waals surface area contributed by atoms with Crippen LogP contribution in [0, 0.1) is 19.8 Å². The Labute approximate surface area is 106 Å². The molecule has 1 aliphatic rings. The summed E-state index contributed by atoms with van der Waals surface area (Å²) < 4.78 is 0. The first-order valence-corrected chi connectivity index (χ1v) is 7.32. The standard InChI is InChI=1S/C17H26/c1-14-8-6-12-17(15(14)2)13-7-11-16-9-4-3-5-10-16/h6,8,12,16H,3-5,7,9-11,13H2,1-2H3. The predicted octanol–water partition coefficient (Wildman–Crippen LogP) is 5.21. The Morgan fingerprint density at radius 2 is 1.82 bits per heavy atom. The fourth-order valence-corrected chi connectivity index (χ4v) is 3.14. The van der Waals surface area contributed by atoms with Crippen LogP contribution in [0.15, 0.2) is 18.2 Å². The van der Waals surface area contributed by atoms with Gasteiger partial charge in [-0.15, -0.1) is 0 Å². The zero-order valence-electron chi connectivity index (χ0n) is 11.5. The van der Waals surface area contributed by atoms with Crippen LogP contribution < -0.4 is 0 Å². The minimum absolute atomic E-state index is 1.04. The quantitative estimate of drug-likeness (QED) is 0.666. The van der Waals surface area contributed by atoms with E-state index in [0.717, 1.165) is 5.92 Å². The van der Waals surface area contributed by atoms with Crippen LogP contribution in [-0.2, 0) is 6.42 Å². The summed E-state index contributed by atoms with van der Waals surface area (Å²) in [4.78, 5) is 0. The average molecular weight is 230 g/mol. The van der Waals surface area contributed by atoms with E-state index in [1.807, 2.05) is 0 Å². The van der Waals surface area contributed by atoms with E-state index in [1.54, 1.807) is 5.56 Å². The van der Waals surface area contributed by atoms with Gasteiger partial charge in [0, 0.05) is 0 Å². The minimum Gasteiger partial charge on any atom is -0.0617 e. The number of rotatable bonds is 4. The average Bonchev–Trinajstić information content (AvgIpc) is 2.36. The summed E-state index contributed by atoms with van der Waals surface area (Å²) in [6.07, 6.45) is 11.5. The summed E-state index contributed by atoms with van der Waals surface area (Å²) in [5, 5.41) is 0.